The van der Waals surface area contributed by atoms with Crippen molar-refractivity contribution >= 4 is 33.8 Å². The minimum absolute atomic E-state index is 0.250. The number of rotatable bonds is 4. The number of carbonyl (C=O) groups is 2. The molecule has 3 saturated heterocycles. The largest absolute Gasteiger partial charge is 0.483 e. The monoisotopic (exact) mass is 397 g/mol. The molecule has 1 atom stereocenters. The molecule has 6 nitrogen and oxygen atoms in total. The van der Waals surface area contributed by atoms with Crippen LogP contribution in [0.15, 0.2) is 42.7 Å². The van der Waals surface area contributed by atoms with Crippen LogP contribution in [0.5, 0.6) is 0 Å². The third kappa shape index (κ3) is 3.86. The van der Waals surface area contributed by atoms with Crippen molar-refractivity contribution in [3.05, 3.63) is 48.3 Å². The normalized spacial score (nSPS) is 23.2. The molecular weight excluding hydrogens is 374 g/mol. The van der Waals surface area contributed by atoms with Crippen LogP contribution in [0, 0.1) is 11.8 Å². The van der Waals surface area contributed by atoms with Crippen LogP contribution in [0.2, 0.25) is 0 Å². The molecule has 3 aliphatic heterocycles. The summed E-state index contributed by atoms with van der Waals surface area (Å²) in [4.78, 5) is 28.4. The van der Waals surface area contributed by atoms with Crippen LogP contribution in [0.3, 0.4) is 0 Å². The molecule has 2 bridgehead atoms. The summed E-state index contributed by atoms with van der Waals surface area (Å²) in [6.45, 7) is 3.31. The molecule has 5 heterocycles. The van der Waals surface area contributed by atoms with Crippen LogP contribution in [-0.4, -0.2) is 51.4 Å². The van der Waals surface area contributed by atoms with Gasteiger partial charge in [-0.05, 0) is 68.1 Å². The van der Waals surface area contributed by atoms with E-state index in [2.05, 4.69) is 9.88 Å². The summed E-state index contributed by atoms with van der Waals surface area (Å²) in [5, 5.41) is 7.84. The number of hydrogen-bond acceptors (Lipinski definition) is 5. The van der Waals surface area contributed by atoms with Gasteiger partial charge in [0.1, 0.15) is 0 Å². The predicted octanol–water partition coefficient (Wildman–Crippen LogP) is 3.70. The van der Waals surface area contributed by atoms with Crippen LogP contribution in [0.25, 0.3) is 15.3 Å². The van der Waals surface area contributed by atoms with E-state index in [9.17, 15) is 4.79 Å². The smallest absolute Gasteiger partial charge is 0.290 e. The van der Waals surface area contributed by atoms with E-state index in [1.165, 1.54) is 25.9 Å². The summed E-state index contributed by atoms with van der Waals surface area (Å²) >= 11 is 1.64. The van der Waals surface area contributed by atoms with Gasteiger partial charge in [-0.15, -0.1) is 0 Å². The first kappa shape index (κ1) is 18.8. The van der Waals surface area contributed by atoms with E-state index in [-0.39, 0.29) is 12.3 Å². The molecule has 2 aromatic heterocycles. The number of ketones is 1. The lowest BCUT2D eigenvalue weighted by atomic mass is 9.76. The molecule has 1 aromatic carbocycles. The predicted molar refractivity (Wildman–Crippen MR) is 109 cm³/mol. The molecule has 0 saturated carbocycles. The summed E-state index contributed by atoms with van der Waals surface area (Å²) in [6.07, 6.45) is 7.22. The van der Waals surface area contributed by atoms with Crippen LogP contribution in [0.4, 0.5) is 0 Å². The molecule has 3 fully saturated rings. The lowest BCUT2D eigenvalue weighted by Gasteiger charge is -2.44. The number of aromatic nitrogens is 2. The van der Waals surface area contributed by atoms with Crippen molar-refractivity contribution < 1.29 is 14.7 Å². The van der Waals surface area contributed by atoms with Gasteiger partial charge in [-0.3, -0.25) is 9.59 Å². The third-order valence-electron chi connectivity index (χ3n) is 5.76. The van der Waals surface area contributed by atoms with Gasteiger partial charge >= 0.3 is 0 Å². The molecular formula is C21H23N3O3S. The lowest BCUT2D eigenvalue weighted by Crippen LogP contribution is -2.47. The second-order valence-corrected chi connectivity index (χ2v) is 8.41. The standard InChI is InChI=1S/C20H21N3OS.CH2O2/c24-18(11-16-13-22-9-5-14(16)6-10-22)15-3-4-17-19(12-15)25-20(21-17)23-7-1-2-8-23;2-1-3/h1-4,7-8,12,14,16H,5-6,9-11,13H2;1H,(H,2,3)/t16-;/m0./s1. The van der Waals surface area contributed by atoms with Crippen LogP contribution < -0.4 is 0 Å². The summed E-state index contributed by atoms with van der Waals surface area (Å²) in [5.41, 5.74) is 1.81. The van der Waals surface area contributed by atoms with Gasteiger partial charge in [0, 0.05) is 30.9 Å². The number of Topliss-reactive ketones (excluding diaryl/α,β-unsaturated/α-hetero) is 1. The summed E-state index contributed by atoms with van der Waals surface area (Å²) in [6, 6.07) is 9.96. The Labute approximate surface area is 167 Å². The van der Waals surface area contributed by atoms with Crippen LogP contribution in [0.1, 0.15) is 29.6 Å². The molecule has 0 unspecified atom stereocenters. The molecule has 0 aliphatic carbocycles. The van der Waals surface area contributed by atoms with Gasteiger partial charge in [0.05, 0.1) is 10.2 Å². The van der Waals surface area contributed by atoms with E-state index in [1.807, 2.05) is 47.3 Å². The van der Waals surface area contributed by atoms with Gasteiger partial charge in [-0.25, -0.2) is 4.98 Å². The second kappa shape index (κ2) is 8.24. The van der Waals surface area contributed by atoms with Crippen LogP contribution in [-0.2, 0) is 4.79 Å². The minimum atomic E-state index is -0.250. The molecule has 3 aliphatic rings. The number of nitrogens with zero attached hydrogens (tertiary/aromatic N) is 3. The Morgan fingerprint density at radius 1 is 1.25 bits per heavy atom. The fraction of sp³-hybridized carbons (Fsp3) is 0.381. The highest BCUT2D eigenvalue weighted by Crippen LogP contribution is 2.35. The van der Waals surface area contributed by atoms with Gasteiger partial charge in [-0.1, -0.05) is 11.3 Å². The Morgan fingerprint density at radius 2 is 1.96 bits per heavy atom. The van der Waals surface area contributed by atoms with E-state index < -0.39 is 0 Å². The fourth-order valence-corrected chi connectivity index (χ4v) is 5.31. The maximum Gasteiger partial charge on any atom is 0.290 e. The molecule has 0 spiro atoms. The van der Waals surface area contributed by atoms with Crippen molar-refractivity contribution in [1.29, 1.82) is 0 Å². The molecule has 146 valence electrons. The van der Waals surface area contributed by atoms with E-state index in [1.54, 1.807) is 11.3 Å². The molecule has 1 N–H and O–H groups in total. The minimum Gasteiger partial charge on any atom is -0.483 e. The van der Waals surface area contributed by atoms with Gasteiger partial charge in [0.15, 0.2) is 10.9 Å². The van der Waals surface area contributed by atoms with E-state index in [4.69, 9.17) is 9.90 Å². The van der Waals surface area contributed by atoms with Gasteiger partial charge in [0.25, 0.3) is 6.47 Å². The first-order valence-electron chi connectivity index (χ1n) is 9.55. The highest BCUT2D eigenvalue weighted by Gasteiger charge is 2.35. The zero-order valence-corrected chi connectivity index (χ0v) is 16.3. The van der Waals surface area contributed by atoms with Crippen LogP contribution >= 0.6 is 11.3 Å². The average molecular weight is 398 g/mol. The molecule has 3 aromatic rings. The Bertz CT molecular complexity index is 959. The quantitative estimate of drug-likeness (QED) is 0.537. The zero-order chi connectivity index (χ0) is 19.5. The molecule has 7 heteroatoms. The number of benzene rings is 1. The van der Waals surface area contributed by atoms with Gasteiger partial charge < -0.3 is 14.6 Å². The number of thiazole rings is 1. The van der Waals surface area contributed by atoms with Crippen molar-refractivity contribution in [3.63, 3.8) is 0 Å². The fourth-order valence-electron chi connectivity index (χ4n) is 4.33. The SMILES string of the molecule is O=C(C[C@H]1CN2CCC1CC2)c1ccc2nc(-n3cccc3)sc2c1.O=CO. The average Bonchev–Trinajstić information content (AvgIpc) is 3.38. The van der Waals surface area contributed by atoms with E-state index >= 15 is 0 Å². The third-order valence-corrected chi connectivity index (χ3v) is 6.80. The van der Waals surface area contributed by atoms with E-state index in [0.29, 0.717) is 12.3 Å². The summed E-state index contributed by atoms with van der Waals surface area (Å²) < 4.78 is 3.10. The second-order valence-electron chi connectivity index (χ2n) is 7.40. The number of hydrogen-bond donors (Lipinski definition) is 1. The molecule has 28 heavy (non-hydrogen) atoms. The topological polar surface area (TPSA) is 75.4 Å². The number of fused-ring (bicyclic) bond motifs is 4. The number of piperidine rings is 3. The Morgan fingerprint density at radius 3 is 2.61 bits per heavy atom. The first-order valence-corrected chi connectivity index (χ1v) is 10.4. The first-order chi connectivity index (χ1) is 13.7. The van der Waals surface area contributed by atoms with Crippen molar-refractivity contribution in [2.45, 2.75) is 19.3 Å². The highest BCUT2D eigenvalue weighted by molar-refractivity contribution is 7.20. The molecule has 0 amide bonds. The van der Waals surface area contributed by atoms with Crippen molar-refractivity contribution in [2.75, 3.05) is 19.6 Å². The Kier molecular flexibility index (Phi) is 5.54. The summed E-state index contributed by atoms with van der Waals surface area (Å²) in [5.74, 6) is 1.58. The Balaban J connectivity index is 0.000000604. The molecule has 0 radical (unpaired) electrons. The number of carbonyl (C=O) groups excluding carboxylic acids is 1. The van der Waals surface area contributed by atoms with Gasteiger partial charge in [0.2, 0.25) is 0 Å². The summed E-state index contributed by atoms with van der Waals surface area (Å²) in [7, 11) is 0. The maximum absolute atomic E-state index is 12.8. The van der Waals surface area contributed by atoms with E-state index in [0.717, 1.165) is 33.4 Å². The molecule has 6 rings (SSSR count). The lowest BCUT2D eigenvalue weighted by molar-refractivity contribution is -0.122. The Hall–Kier alpha value is -2.51. The maximum atomic E-state index is 12.8. The van der Waals surface area contributed by atoms with Gasteiger partial charge in [-0.2, -0.15) is 0 Å². The van der Waals surface area contributed by atoms with Crippen molar-refractivity contribution in [3.8, 4) is 5.13 Å². The van der Waals surface area contributed by atoms with Crippen molar-refractivity contribution in [2.24, 2.45) is 11.8 Å². The zero-order valence-electron chi connectivity index (χ0n) is 15.5. The van der Waals surface area contributed by atoms with Crippen molar-refractivity contribution in [1.82, 2.24) is 14.5 Å². The highest BCUT2D eigenvalue weighted by atomic mass is 32.1. The number of carboxylic acid groups (broad SMARTS) is 1.